The van der Waals surface area contributed by atoms with Crippen LogP contribution in [0.2, 0.25) is 0 Å². The first-order valence-electron chi connectivity index (χ1n) is 5.21. The largest absolute Gasteiger partial charge is 0.334 e. The van der Waals surface area contributed by atoms with Crippen LogP contribution in [-0.4, -0.2) is 16.7 Å². The van der Waals surface area contributed by atoms with Crippen molar-refractivity contribution < 1.29 is 9.59 Å². The number of nitrogens with zero attached hydrogens (tertiary/aromatic N) is 1. The second-order valence-corrected chi connectivity index (χ2v) is 4.04. The summed E-state index contributed by atoms with van der Waals surface area (Å²) >= 11 is 0. The highest BCUT2D eigenvalue weighted by Gasteiger charge is 2.20. The van der Waals surface area contributed by atoms with Crippen molar-refractivity contribution in [3.63, 3.8) is 0 Å². The van der Waals surface area contributed by atoms with E-state index in [1.807, 2.05) is 18.2 Å². The van der Waals surface area contributed by atoms with E-state index in [1.54, 1.807) is 11.8 Å². The fraction of sp³-hybridized carbons (Fsp3) is 0.333. The van der Waals surface area contributed by atoms with Crippen LogP contribution in [0.15, 0.2) is 18.2 Å². The van der Waals surface area contributed by atoms with Gasteiger partial charge in [0.15, 0.2) is 0 Å². The van der Waals surface area contributed by atoms with Crippen LogP contribution in [0.5, 0.6) is 0 Å². The lowest BCUT2D eigenvalue weighted by Crippen LogP contribution is -2.21. The third kappa shape index (κ3) is 2.05. The van der Waals surface area contributed by atoms with Crippen LogP contribution in [0.3, 0.4) is 0 Å². The van der Waals surface area contributed by atoms with Gasteiger partial charge in [0.05, 0.1) is 0 Å². The molecule has 0 unspecified atom stereocenters. The molecule has 0 saturated heterocycles. The lowest BCUT2D eigenvalue weighted by atomic mass is 10.1. The number of carbonyl (C=O) groups excluding carboxylic acids is 2. The van der Waals surface area contributed by atoms with Crippen molar-refractivity contribution in [1.29, 1.82) is 0 Å². The average Bonchev–Trinajstić information content (AvgIpc) is 2.59. The first-order chi connectivity index (χ1) is 7.56. The Labute approximate surface area is 94.2 Å². The fourth-order valence-electron chi connectivity index (χ4n) is 1.90. The van der Waals surface area contributed by atoms with Crippen molar-refractivity contribution in [2.24, 2.45) is 0 Å². The van der Waals surface area contributed by atoms with Gasteiger partial charge < -0.3 is 10.2 Å². The quantitative estimate of drug-likeness (QED) is 0.776. The number of rotatable bonds is 1. The monoisotopic (exact) mass is 218 g/mol. The smallest absolute Gasteiger partial charge is 0.221 e. The molecule has 1 heterocycles. The van der Waals surface area contributed by atoms with Gasteiger partial charge in [0.2, 0.25) is 11.8 Å². The zero-order chi connectivity index (χ0) is 11.7. The van der Waals surface area contributed by atoms with E-state index in [0.29, 0.717) is 13.1 Å². The second kappa shape index (κ2) is 3.96. The molecule has 16 heavy (non-hydrogen) atoms. The average molecular weight is 218 g/mol. The second-order valence-electron chi connectivity index (χ2n) is 4.04. The van der Waals surface area contributed by atoms with Crippen LogP contribution in [0.25, 0.3) is 0 Å². The molecule has 1 aromatic carbocycles. The number of benzene rings is 1. The van der Waals surface area contributed by atoms with Crippen molar-refractivity contribution in [3.8, 4) is 0 Å². The van der Waals surface area contributed by atoms with Gasteiger partial charge in [0.1, 0.15) is 0 Å². The maximum absolute atomic E-state index is 11.2. The minimum Gasteiger partial charge on any atom is -0.334 e. The van der Waals surface area contributed by atoms with E-state index in [-0.39, 0.29) is 11.8 Å². The molecular weight excluding hydrogens is 204 g/mol. The molecule has 84 valence electrons. The molecule has 0 aliphatic carbocycles. The normalized spacial score (nSPS) is 13.5. The summed E-state index contributed by atoms with van der Waals surface area (Å²) in [4.78, 5) is 23.9. The van der Waals surface area contributed by atoms with Crippen molar-refractivity contribution in [2.45, 2.75) is 26.9 Å². The first kappa shape index (κ1) is 10.7. The van der Waals surface area contributed by atoms with Gasteiger partial charge in [-0.2, -0.15) is 0 Å². The van der Waals surface area contributed by atoms with E-state index in [1.165, 1.54) is 6.92 Å². The molecule has 1 N–H and O–H groups in total. The molecule has 0 saturated carbocycles. The number of carbonyl (C=O) groups is 2. The molecular formula is C12H14N2O2. The van der Waals surface area contributed by atoms with E-state index < -0.39 is 0 Å². The van der Waals surface area contributed by atoms with Crippen LogP contribution in [0.1, 0.15) is 25.0 Å². The summed E-state index contributed by atoms with van der Waals surface area (Å²) in [5, 5.41) is 2.74. The topological polar surface area (TPSA) is 49.4 Å². The summed E-state index contributed by atoms with van der Waals surface area (Å²) in [5.41, 5.74) is 3.06. The predicted molar refractivity (Wildman–Crippen MR) is 60.7 cm³/mol. The van der Waals surface area contributed by atoms with Gasteiger partial charge in [0, 0.05) is 32.6 Å². The number of fused-ring (bicyclic) bond motifs is 1. The molecule has 0 radical (unpaired) electrons. The van der Waals surface area contributed by atoms with Crippen LogP contribution in [-0.2, 0) is 22.7 Å². The van der Waals surface area contributed by atoms with E-state index in [4.69, 9.17) is 0 Å². The maximum Gasteiger partial charge on any atom is 0.221 e. The van der Waals surface area contributed by atoms with Gasteiger partial charge in [0.25, 0.3) is 0 Å². The Morgan fingerprint density at radius 1 is 1.19 bits per heavy atom. The Kier molecular flexibility index (Phi) is 2.64. The summed E-state index contributed by atoms with van der Waals surface area (Å²) < 4.78 is 0. The fourth-order valence-corrected chi connectivity index (χ4v) is 1.90. The van der Waals surface area contributed by atoms with Crippen molar-refractivity contribution in [1.82, 2.24) is 4.90 Å². The summed E-state index contributed by atoms with van der Waals surface area (Å²) in [5.74, 6) is -0.00125. The number of nitrogens with one attached hydrogen (secondary N) is 1. The van der Waals surface area contributed by atoms with Gasteiger partial charge in [-0.25, -0.2) is 0 Å². The van der Waals surface area contributed by atoms with E-state index in [0.717, 1.165) is 16.8 Å². The third-order valence-corrected chi connectivity index (χ3v) is 2.69. The Balaban J connectivity index is 2.20. The van der Waals surface area contributed by atoms with Gasteiger partial charge in [-0.3, -0.25) is 9.59 Å². The molecule has 0 aromatic heterocycles. The zero-order valence-electron chi connectivity index (χ0n) is 9.41. The van der Waals surface area contributed by atoms with Crippen LogP contribution >= 0.6 is 0 Å². The van der Waals surface area contributed by atoms with E-state index >= 15 is 0 Å². The van der Waals surface area contributed by atoms with Crippen LogP contribution < -0.4 is 5.32 Å². The Morgan fingerprint density at radius 3 is 2.50 bits per heavy atom. The minimum atomic E-state index is -0.0821. The molecule has 1 aromatic rings. The standard InChI is InChI=1S/C12H14N2O2/c1-8(15)13-12-4-3-10-6-14(9(2)16)7-11(10)5-12/h3-5H,6-7H2,1-2H3,(H,13,15). The SMILES string of the molecule is CC(=O)Nc1ccc2c(c1)CN(C(C)=O)C2. The highest BCUT2D eigenvalue weighted by molar-refractivity contribution is 5.88. The minimum absolute atomic E-state index is 0.0808. The summed E-state index contributed by atoms with van der Waals surface area (Å²) in [6, 6.07) is 5.76. The highest BCUT2D eigenvalue weighted by atomic mass is 16.2. The van der Waals surface area contributed by atoms with Gasteiger partial charge >= 0.3 is 0 Å². The molecule has 0 fully saturated rings. The molecule has 1 aliphatic rings. The van der Waals surface area contributed by atoms with Gasteiger partial charge in [-0.15, -0.1) is 0 Å². The first-order valence-corrected chi connectivity index (χ1v) is 5.21. The predicted octanol–water partition coefficient (Wildman–Crippen LogP) is 1.51. The molecule has 2 amide bonds. The molecule has 4 nitrogen and oxygen atoms in total. The Hall–Kier alpha value is -1.84. The van der Waals surface area contributed by atoms with Crippen LogP contribution in [0, 0.1) is 0 Å². The Morgan fingerprint density at radius 2 is 1.88 bits per heavy atom. The van der Waals surface area contributed by atoms with Crippen molar-refractivity contribution >= 4 is 17.5 Å². The number of amides is 2. The molecule has 2 rings (SSSR count). The zero-order valence-corrected chi connectivity index (χ0v) is 9.41. The van der Waals surface area contributed by atoms with E-state index in [2.05, 4.69) is 5.32 Å². The number of anilines is 1. The van der Waals surface area contributed by atoms with Crippen molar-refractivity contribution in [2.75, 3.05) is 5.32 Å². The summed E-state index contributed by atoms with van der Waals surface area (Å²) in [7, 11) is 0. The van der Waals surface area contributed by atoms with Crippen LogP contribution in [0.4, 0.5) is 5.69 Å². The van der Waals surface area contributed by atoms with E-state index in [9.17, 15) is 9.59 Å². The molecule has 0 spiro atoms. The lowest BCUT2D eigenvalue weighted by Gasteiger charge is -2.11. The number of hydrogen-bond donors (Lipinski definition) is 1. The van der Waals surface area contributed by atoms with Gasteiger partial charge in [-0.1, -0.05) is 6.07 Å². The molecule has 0 bridgehead atoms. The summed E-state index contributed by atoms with van der Waals surface area (Å²) in [6.45, 7) is 4.36. The third-order valence-electron chi connectivity index (χ3n) is 2.69. The molecule has 1 aliphatic heterocycles. The maximum atomic E-state index is 11.2. The lowest BCUT2D eigenvalue weighted by molar-refractivity contribution is -0.129. The van der Waals surface area contributed by atoms with Crippen molar-refractivity contribution in [3.05, 3.63) is 29.3 Å². The summed E-state index contributed by atoms with van der Waals surface area (Å²) in [6.07, 6.45) is 0. The Bertz CT molecular complexity index is 454. The highest BCUT2D eigenvalue weighted by Crippen LogP contribution is 2.25. The number of hydrogen-bond acceptors (Lipinski definition) is 2. The molecule has 4 heteroatoms. The van der Waals surface area contributed by atoms with Gasteiger partial charge in [-0.05, 0) is 23.3 Å². The molecule has 0 atom stereocenters.